The number of benzene rings is 1. The summed E-state index contributed by atoms with van der Waals surface area (Å²) in [6.45, 7) is 2.74. The zero-order valence-corrected chi connectivity index (χ0v) is 16.5. The highest BCUT2D eigenvalue weighted by molar-refractivity contribution is 14.0. The standard InChI is InChI=1S/C17H22N4S.HI/c1-12-11-20-16(22-12)9-10-19-17(18)21-15-8-4-6-13-5-2-3-7-14(13)15;/h4,6,8,11H,2-3,5,7,9-10H2,1H3,(H3,18,19,21);1H. The molecule has 0 saturated carbocycles. The summed E-state index contributed by atoms with van der Waals surface area (Å²) >= 11 is 1.72. The van der Waals surface area contributed by atoms with Gasteiger partial charge in [0.05, 0.1) is 5.01 Å². The number of nitrogens with one attached hydrogen (secondary N) is 1. The Balaban J connectivity index is 0.00000192. The van der Waals surface area contributed by atoms with Crippen molar-refractivity contribution in [3.63, 3.8) is 0 Å². The van der Waals surface area contributed by atoms with Crippen LogP contribution in [0.5, 0.6) is 0 Å². The summed E-state index contributed by atoms with van der Waals surface area (Å²) in [5.74, 6) is 0.493. The number of anilines is 1. The van der Waals surface area contributed by atoms with Crippen LogP contribution in [0.15, 0.2) is 29.4 Å². The number of nitrogens with zero attached hydrogens (tertiary/aromatic N) is 2. The van der Waals surface area contributed by atoms with Crippen LogP contribution in [0.1, 0.15) is 33.9 Å². The van der Waals surface area contributed by atoms with Crippen molar-refractivity contribution in [3.05, 3.63) is 45.4 Å². The normalized spacial score (nSPS) is 14.0. The van der Waals surface area contributed by atoms with E-state index >= 15 is 0 Å². The second-order valence-electron chi connectivity index (χ2n) is 5.66. The van der Waals surface area contributed by atoms with E-state index in [4.69, 9.17) is 5.73 Å². The Labute approximate surface area is 158 Å². The SMILES string of the molecule is Cc1cnc(CCN=C(N)Nc2cccc3c2CCCC3)s1.I. The van der Waals surface area contributed by atoms with Crippen LogP contribution in [0, 0.1) is 6.92 Å². The van der Waals surface area contributed by atoms with Gasteiger partial charge in [-0.3, -0.25) is 4.99 Å². The topological polar surface area (TPSA) is 63.3 Å². The summed E-state index contributed by atoms with van der Waals surface area (Å²) < 4.78 is 0. The second kappa shape index (κ2) is 8.63. The van der Waals surface area contributed by atoms with E-state index in [-0.39, 0.29) is 24.0 Å². The molecule has 3 rings (SSSR count). The number of nitrogens with two attached hydrogens (primary N) is 1. The number of fused-ring (bicyclic) bond motifs is 1. The number of thiazole rings is 1. The third-order valence-electron chi connectivity index (χ3n) is 3.94. The molecule has 0 fully saturated rings. The lowest BCUT2D eigenvalue weighted by molar-refractivity contribution is 0.687. The summed E-state index contributed by atoms with van der Waals surface area (Å²) in [6, 6.07) is 6.41. The van der Waals surface area contributed by atoms with Crippen LogP contribution in [-0.4, -0.2) is 17.5 Å². The van der Waals surface area contributed by atoms with Crippen molar-refractivity contribution in [1.82, 2.24) is 4.98 Å². The molecule has 0 unspecified atom stereocenters. The number of guanidine groups is 1. The number of aromatic nitrogens is 1. The molecule has 2 aromatic rings. The van der Waals surface area contributed by atoms with E-state index in [1.54, 1.807) is 11.3 Å². The lowest BCUT2D eigenvalue weighted by Crippen LogP contribution is -2.24. The zero-order valence-electron chi connectivity index (χ0n) is 13.3. The highest BCUT2D eigenvalue weighted by Gasteiger charge is 2.13. The van der Waals surface area contributed by atoms with Gasteiger partial charge in [0.25, 0.3) is 0 Å². The fraction of sp³-hybridized carbons (Fsp3) is 0.412. The van der Waals surface area contributed by atoms with Gasteiger partial charge in [0.15, 0.2) is 5.96 Å². The first-order valence-corrected chi connectivity index (χ1v) is 8.63. The molecular formula is C17H23IN4S. The van der Waals surface area contributed by atoms with Gasteiger partial charge < -0.3 is 11.1 Å². The quantitative estimate of drug-likeness (QED) is 0.429. The van der Waals surface area contributed by atoms with Gasteiger partial charge in [0.1, 0.15) is 0 Å². The molecular weight excluding hydrogens is 419 g/mol. The van der Waals surface area contributed by atoms with Crippen LogP contribution in [0.3, 0.4) is 0 Å². The molecule has 1 aromatic heterocycles. The van der Waals surface area contributed by atoms with Crippen molar-refractivity contribution in [1.29, 1.82) is 0 Å². The number of rotatable bonds is 4. The van der Waals surface area contributed by atoms with Crippen LogP contribution in [0.25, 0.3) is 0 Å². The Hall–Kier alpha value is -1.15. The molecule has 0 radical (unpaired) electrons. The number of aliphatic imine (C=N–C) groups is 1. The first-order chi connectivity index (χ1) is 10.7. The summed E-state index contributed by atoms with van der Waals surface area (Å²) in [7, 11) is 0. The number of halogens is 1. The largest absolute Gasteiger partial charge is 0.370 e. The highest BCUT2D eigenvalue weighted by Crippen LogP contribution is 2.27. The lowest BCUT2D eigenvalue weighted by atomic mass is 9.90. The number of hydrogen-bond acceptors (Lipinski definition) is 3. The maximum Gasteiger partial charge on any atom is 0.193 e. The summed E-state index contributed by atoms with van der Waals surface area (Å²) in [5, 5.41) is 4.39. The fourth-order valence-electron chi connectivity index (χ4n) is 2.86. The van der Waals surface area contributed by atoms with Crippen molar-refractivity contribution >= 4 is 47.0 Å². The molecule has 6 heteroatoms. The number of aryl methyl sites for hydroxylation is 2. The minimum Gasteiger partial charge on any atom is -0.370 e. The van der Waals surface area contributed by atoms with Gasteiger partial charge in [-0.2, -0.15) is 0 Å². The van der Waals surface area contributed by atoms with Gasteiger partial charge in [-0.15, -0.1) is 35.3 Å². The Kier molecular flexibility index (Phi) is 6.83. The molecule has 1 aliphatic rings. The van der Waals surface area contributed by atoms with Crippen LogP contribution in [0.2, 0.25) is 0 Å². The van der Waals surface area contributed by atoms with Gasteiger partial charge in [-0.25, -0.2) is 4.98 Å². The Morgan fingerprint density at radius 3 is 2.96 bits per heavy atom. The molecule has 4 nitrogen and oxygen atoms in total. The van der Waals surface area contributed by atoms with Gasteiger partial charge in [0, 0.05) is 29.7 Å². The molecule has 1 heterocycles. The highest BCUT2D eigenvalue weighted by atomic mass is 127. The Morgan fingerprint density at radius 2 is 2.17 bits per heavy atom. The first kappa shape index (κ1) is 18.2. The van der Waals surface area contributed by atoms with Crippen LogP contribution >= 0.6 is 35.3 Å². The predicted octanol–water partition coefficient (Wildman–Crippen LogP) is 3.92. The van der Waals surface area contributed by atoms with E-state index in [2.05, 4.69) is 40.4 Å². The van der Waals surface area contributed by atoms with E-state index < -0.39 is 0 Å². The average molecular weight is 442 g/mol. The average Bonchev–Trinajstić information content (AvgIpc) is 2.93. The minimum absolute atomic E-state index is 0. The molecule has 1 aliphatic carbocycles. The van der Waals surface area contributed by atoms with Crippen LogP contribution in [-0.2, 0) is 19.3 Å². The predicted molar refractivity (Wildman–Crippen MR) is 109 cm³/mol. The van der Waals surface area contributed by atoms with Crippen molar-refractivity contribution in [2.45, 2.75) is 39.0 Å². The van der Waals surface area contributed by atoms with Gasteiger partial charge in [0.2, 0.25) is 0 Å². The summed E-state index contributed by atoms with van der Waals surface area (Å²) in [6.07, 6.45) is 7.59. The molecule has 1 aromatic carbocycles. The van der Waals surface area contributed by atoms with Crippen LogP contribution in [0.4, 0.5) is 5.69 Å². The van der Waals surface area contributed by atoms with E-state index in [0.717, 1.165) is 23.5 Å². The molecule has 0 aliphatic heterocycles. The Morgan fingerprint density at radius 1 is 1.35 bits per heavy atom. The van der Waals surface area contributed by atoms with Crippen molar-refractivity contribution < 1.29 is 0 Å². The molecule has 124 valence electrons. The summed E-state index contributed by atoms with van der Waals surface area (Å²) in [4.78, 5) is 10.0. The monoisotopic (exact) mass is 442 g/mol. The molecule has 3 N–H and O–H groups in total. The van der Waals surface area contributed by atoms with E-state index in [9.17, 15) is 0 Å². The maximum absolute atomic E-state index is 6.03. The third kappa shape index (κ3) is 4.91. The van der Waals surface area contributed by atoms with Crippen molar-refractivity contribution in [2.75, 3.05) is 11.9 Å². The van der Waals surface area contributed by atoms with Crippen LogP contribution < -0.4 is 11.1 Å². The van der Waals surface area contributed by atoms with E-state index in [1.807, 2.05) is 6.20 Å². The minimum atomic E-state index is 0. The van der Waals surface area contributed by atoms with Crippen molar-refractivity contribution in [3.8, 4) is 0 Å². The van der Waals surface area contributed by atoms with Gasteiger partial charge in [-0.1, -0.05) is 12.1 Å². The lowest BCUT2D eigenvalue weighted by Gasteiger charge is -2.19. The smallest absolute Gasteiger partial charge is 0.193 e. The fourth-order valence-corrected chi connectivity index (χ4v) is 3.64. The molecule has 23 heavy (non-hydrogen) atoms. The molecule has 0 spiro atoms. The van der Waals surface area contributed by atoms with Crippen molar-refractivity contribution in [2.24, 2.45) is 10.7 Å². The van der Waals surface area contributed by atoms with E-state index in [1.165, 1.54) is 35.3 Å². The maximum atomic E-state index is 6.03. The third-order valence-corrected chi connectivity index (χ3v) is 4.91. The Bertz CT molecular complexity index is 681. The van der Waals surface area contributed by atoms with E-state index in [0.29, 0.717) is 12.5 Å². The summed E-state index contributed by atoms with van der Waals surface area (Å²) in [5.41, 5.74) is 10.00. The molecule has 0 bridgehead atoms. The van der Waals surface area contributed by atoms with Gasteiger partial charge in [-0.05, 0) is 49.8 Å². The number of hydrogen-bond donors (Lipinski definition) is 2. The molecule has 0 atom stereocenters. The molecule has 0 amide bonds. The molecule has 0 saturated heterocycles. The second-order valence-corrected chi connectivity index (χ2v) is 6.98. The van der Waals surface area contributed by atoms with Gasteiger partial charge >= 0.3 is 0 Å². The first-order valence-electron chi connectivity index (χ1n) is 7.81. The zero-order chi connectivity index (χ0) is 15.4.